The van der Waals surface area contributed by atoms with Crippen molar-refractivity contribution in [3.63, 3.8) is 0 Å². The average Bonchev–Trinajstić information content (AvgIpc) is 3.51. The number of methoxy groups -OCH3 is 1. The van der Waals surface area contributed by atoms with Crippen molar-refractivity contribution >= 4 is 23.3 Å². The third kappa shape index (κ3) is 6.91. The molecule has 2 aromatic carbocycles. The number of anilines is 1. The van der Waals surface area contributed by atoms with Crippen LogP contribution in [0.5, 0.6) is 11.5 Å². The Hall–Kier alpha value is -5.48. The van der Waals surface area contributed by atoms with Crippen molar-refractivity contribution in [3.8, 4) is 28.8 Å². The van der Waals surface area contributed by atoms with Crippen molar-refractivity contribution in [2.45, 2.75) is 38.1 Å². The van der Waals surface area contributed by atoms with E-state index >= 15 is 4.39 Å². The van der Waals surface area contributed by atoms with Crippen LogP contribution in [0.3, 0.4) is 0 Å². The molecule has 2 aliphatic rings. The molecule has 0 spiro atoms. The number of nitrogens with two attached hydrogens (primary N) is 1. The topological polar surface area (TPSA) is 142 Å². The Morgan fingerprint density at radius 3 is 2.51 bits per heavy atom. The first-order chi connectivity index (χ1) is 23.6. The van der Waals surface area contributed by atoms with Gasteiger partial charge in [0.05, 0.1) is 7.11 Å². The number of piperidine rings is 1. The fourth-order valence-corrected chi connectivity index (χ4v) is 6.66. The smallest absolute Gasteiger partial charge is 0.409 e. The van der Waals surface area contributed by atoms with Gasteiger partial charge in [-0.2, -0.15) is 5.26 Å². The number of hydrogen-bond donors (Lipinski definition) is 1. The molecule has 0 aliphatic carbocycles. The lowest BCUT2D eigenvalue weighted by Gasteiger charge is -2.42. The van der Waals surface area contributed by atoms with Crippen LogP contribution in [0.25, 0.3) is 16.8 Å². The maximum absolute atomic E-state index is 15.7. The van der Waals surface area contributed by atoms with Gasteiger partial charge >= 0.3 is 6.09 Å². The van der Waals surface area contributed by atoms with Gasteiger partial charge in [-0.25, -0.2) is 19.2 Å². The van der Waals surface area contributed by atoms with E-state index in [-0.39, 0.29) is 34.9 Å². The van der Waals surface area contributed by atoms with Crippen molar-refractivity contribution in [2.24, 2.45) is 0 Å². The molecule has 4 heterocycles. The molecule has 2 saturated heterocycles. The number of nitrogen functional groups attached to an aromatic ring is 1. The van der Waals surface area contributed by atoms with E-state index in [2.05, 4.69) is 16.0 Å². The summed E-state index contributed by atoms with van der Waals surface area (Å²) in [6.45, 7) is 6.86. The van der Waals surface area contributed by atoms with E-state index in [0.29, 0.717) is 74.2 Å². The summed E-state index contributed by atoms with van der Waals surface area (Å²) in [6.07, 6.45) is 6.09. The Kier molecular flexibility index (Phi) is 9.51. The summed E-state index contributed by atoms with van der Waals surface area (Å²) in [7, 11) is 1.36. The van der Waals surface area contributed by atoms with Crippen LogP contribution < -0.4 is 10.5 Å². The molecule has 254 valence electrons. The third-order valence-electron chi connectivity index (χ3n) is 9.23. The second-order valence-corrected chi connectivity index (χ2v) is 12.8. The molecule has 0 unspecified atom stereocenters. The normalized spacial score (nSPS) is 17.5. The summed E-state index contributed by atoms with van der Waals surface area (Å²) >= 11 is 0. The average molecular weight is 667 g/mol. The quantitative estimate of drug-likeness (QED) is 0.207. The fraction of sp³-hybridized carbons (Fsp3) is 0.361. The predicted octanol–water partition coefficient (Wildman–Crippen LogP) is 5.23. The number of nitrogens with zero attached hydrogens (tertiary/aromatic N) is 7. The van der Waals surface area contributed by atoms with Gasteiger partial charge in [0.15, 0.2) is 0 Å². The number of carbonyl (C=O) groups is 2. The zero-order valence-electron chi connectivity index (χ0n) is 27.8. The van der Waals surface area contributed by atoms with E-state index in [9.17, 15) is 14.9 Å². The van der Waals surface area contributed by atoms with Crippen molar-refractivity contribution in [1.29, 1.82) is 5.26 Å². The minimum atomic E-state index is -0.609. The van der Waals surface area contributed by atoms with Crippen LogP contribution in [0.2, 0.25) is 0 Å². The SMILES string of the molecule is COC(=O)N1CCN(C(C)(C)C=C(C#N)C(=O)N2CCC[C@@H](c3nc(-c4ccc(Oc5ccccc5)cc4F)c4c(N)nccn34)C2)CC1. The van der Waals surface area contributed by atoms with E-state index in [0.717, 1.165) is 6.42 Å². The molecule has 2 aliphatic heterocycles. The fourth-order valence-electron chi connectivity index (χ4n) is 6.66. The minimum Gasteiger partial charge on any atom is -0.457 e. The predicted molar refractivity (Wildman–Crippen MR) is 181 cm³/mol. The molecule has 4 aromatic rings. The summed E-state index contributed by atoms with van der Waals surface area (Å²) in [6, 6.07) is 15.9. The number of rotatable bonds is 7. The van der Waals surface area contributed by atoms with E-state index in [1.165, 1.54) is 13.2 Å². The molecule has 6 rings (SSSR count). The lowest BCUT2D eigenvalue weighted by Crippen LogP contribution is -2.55. The van der Waals surface area contributed by atoms with E-state index in [4.69, 9.17) is 20.2 Å². The lowest BCUT2D eigenvalue weighted by atomic mass is 9.94. The molecule has 1 atom stereocenters. The molecule has 0 bridgehead atoms. The molecule has 2 aromatic heterocycles. The van der Waals surface area contributed by atoms with E-state index in [1.54, 1.807) is 52.5 Å². The largest absolute Gasteiger partial charge is 0.457 e. The molecule has 2 fully saturated rings. The molecule has 0 saturated carbocycles. The number of ether oxygens (including phenoxy) is 2. The number of aromatic nitrogens is 3. The molecular weight excluding hydrogens is 627 g/mol. The van der Waals surface area contributed by atoms with Gasteiger partial charge in [0, 0.05) is 74.7 Å². The van der Waals surface area contributed by atoms with Crippen LogP contribution in [-0.4, -0.2) is 93.0 Å². The van der Waals surface area contributed by atoms with Crippen LogP contribution in [-0.2, 0) is 9.53 Å². The first kappa shape index (κ1) is 33.4. The number of para-hydroxylation sites is 1. The summed E-state index contributed by atoms with van der Waals surface area (Å²) in [4.78, 5) is 40.4. The van der Waals surface area contributed by atoms with E-state index in [1.807, 2.05) is 36.4 Å². The molecule has 13 heteroatoms. The number of benzene rings is 2. The van der Waals surface area contributed by atoms with Crippen LogP contribution >= 0.6 is 0 Å². The highest BCUT2D eigenvalue weighted by atomic mass is 19.1. The lowest BCUT2D eigenvalue weighted by molar-refractivity contribution is -0.128. The van der Waals surface area contributed by atoms with Gasteiger partial charge in [0.25, 0.3) is 5.91 Å². The Morgan fingerprint density at radius 2 is 1.82 bits per heavy atom. The van der Waals surface area contributed by atoms with Gasteiger partial charge in [-0.1, -0.05) is 18.2 Å². The van der Waals surface area contributed by atoms with Gasteiger partial charge in [-0.3, -0.25) is 14.1 Å². The highest BCUT2D eigenvalue weighted by Crippen LogP contribution is 2.36. The van der Waals surface area contributed by atoms with Crippen LogP contribution in [0, 0.1) is 17.1 Å². The zero-order valence-corrected chi connectivity index (χ0v) is 27.8. The number of amides is 2. The molecule has 2 N–H and O–H groups in total. The number of likely N-dealkylation sites (tertiary alicyclic amines) is 1. The van der Waals surface area contributed by atoms with Crippen molar-refractivity contribution in [3.05, 3.63) is 84.2 Å². The summed E-state index contributed by atoms with van der Waals surface area (Å²) in [5.41, 5.74) is 6.86. The first-order valence-electron chi connectivity index (χ1n) is 16.2. The summed E-state index contributed by atoms with van der Waals surface area (Å²) in [5.74, 6) is 0.684. The van der Waals surface area contributed by atoms with Gasteiger partial charge in [0.2, 0.25) is 0 Å². The first-order valence-corrected chi connectivity index (χ1v) is 16.2. The van der Waals surface area contributed by atoms with E-state index < -0.39 is 11.4 Å². The second-order valence-electron chi connectivity index (χ2n) is 12.8. The maximum atomic E-state index is 15.7. The highest BCUT2D eigenvalue weighted by molar-refractivity contribution is 5.97. The van der Waals surface area contributed by atoms with Crippen LogP contribution in [0.4, 0.5) is 15.0 Å². The molecule has 49 heavy (non-hydrogen) atoms. The Balaban J connectivity index is 1.23. The standard InChI is InChI=1S/C36H39FN8O4/c1-36(2,44-18-16-42(17-19-44)35(47)48-3)21-25(22-38)34(46)43-14-7-8-24(23-43)33-41-30(31-32(39)40-13-15-45(31)33)28-12-11-27(20-29(28)37)49-26-9-5-4-6-10-26/h4-6,9-13,15,20-21,24H,7-8,14,16-19,23H2,1-3H3,(H2,39,40)/t24-/m1/s1. The second kappa shape index (κ2) is 13.9. The van der Waals surface area contributed by atoms with Gasteiger partial charge in [-0.05, 0) is 57.0 Å². The Bertz CT molecular complexity index is 1930. The number of hydrogen-bond acceptors (Lipinski definition) is 9. The number of halogens is 1. The molecule has 12 nitrogen and oxygen atoms in total. The van der Waals surface area contributed by atoms with Crippen LogP contribution in [0.1, 0.15) is 38.4 Å². The third-order valence-corrected chi connectivity index (χ3v) is 9.23. The molecule has 0 radical (unpaired) electrons. The minimum absolute atomic E-state index is 0.0584. The van der Waals surface area contributed by atoms with Gasteiger partial charge in [0.1, 0.15) is 51.8 Å². The number of imidazole rings is 1. The highest BCUT2D eigenvalue weighted by Gasteiger charge is 2.34. The van der Waals surface area contributed by atoms with Crippen molar-refractivity contribution in [2.75, 3.05) is 52.1 Å². The number of nitriles is 1. The van der Waals surface area contributed by atoms with Crippen molar-refractivity contribution in [1.82, 2.24) is 29.1 Å². The van der Waals surface area contributed by atoms with Gasteiger partial charge in [-0.15, -0.1) is 0 Å². The number of carbonyl (C=O) groups excluding carboxylic acids is 2. The monoisotopic (exact) mass is 666 g/mol. The zero-order chi connectivity index (χ0) is 34.7. The number of piperazine rings is 1. The maximum Gasteiger partial charge on any atom is 0.409 e. The molecular formula is C36H39FN8O4. The molecule has 2 amide bonds. The van der Waals surface area contributed by atoms with Crippen molar-refractivity contribution < 1.29 is 23.5 Å². The Labute approximate surface area is 284 Å². The van der Waals surface area contributed by atoms with Crippen LogP contribution in [0.15, 0.2) is 72.6 Å². The summed E-state index contributed by atoms with van der Waals surface area (Å²) in [5, 5.41) is 10.1. The number of fused-ring (bicyclic) bond motifs is 1. The summed E-state index contributed by atoms with van der Waals surface area (Å²) < 4.78 is 28.2. The Morgan fingerprint density at radius 1 is 1.06 bits per heavy atom. The van der Waals surface area contributed by atoms with Gasteiger partial charge < -0.3 is 25.0 Å².